The number of carbonyl (C=O) groups is 2. The van der Waals surface area contributed by atoms with Gasteiger partial charge in [-0.1, -0.05) is 146 Å². The number of nitrogens with one attached hydrogen (secondary N) is 5. The number of H-pyrrole nitrogens is 2. The van der Waals surface area contributed by atoms with Gasteiger partial charge in [-0.3, -0.25) is 43.9 Å². The molecule has 27 heteroatoms. The summed E-state index contributed by atoms with van der Waals surface area (Å²) < 4.78 is 44.5. The summed E-state index contributed by atoms with van der Waals surface area (Å²) in [6.45, 7) is 15.4. The molecule has 6 heterocycles. The molecule has 9 rings (SSSR count). The fourth-order valence-corrected chi connectivity index (χ4v) is 14.4. The molecule has 85 heavy (non-hydrogen) atoms. The quantitative estimate of drug-likeness (QED) is 0.0155. The van der Waals surface area contributed by atoms with E-state index in [-0.39, 0.29) is 97.0 Å². The molecule has 1 amide bonds. The van der Waals surface area contributed by atoms with Crippen LogP contribution in [0, 0.1) is 29.1 Å². The first-order valence-electron chi connectivity index (χ1n) is 28.2. The number of amides is 1. The Kier molecular flexibility index (Phi) is 19.9. The molecule has 2 aliphatic rings. The topological polar surface area (TPSA) is 277 Å². The molecule has 9 atom stereocenters. The fraction of sp³-hybridized carbons (Fsp3) is 0.466. The van der Waals surface area contributed by atoms with Crippen molar-refractivity contribution in [2.45, 2.75) is 135 Å². The number of hydrogen-bond acceptors (Lipinski definition) is 18. The second-order valence-corrected chi connectivity index (χ2v) is 32.2. The molecule has 5 N–H and O–H groups in total. The van der Waals surface area contributed by atoms with Crippen LogP contribution in [0.15, 0.2) is 113 Å². The predicted molar refractivity (Wildman–Crippen MR) is 332 cm³/mol. The van der Waals surface area contributed by atoms with Gasteiger partial charge in [0.2, 0.25) is 11.9 Å². The average molecular weight is 1250 g/mol. The number of benzene rings is 3. The van der Waals surface area contributed by atoms with Crippen LogP contribution in [-0.4, -0.2) is 109 Å². The first-order valence-corrected chi connectivity index (χ1v) is 35.5. The zero-order valence-electron chi connectivity index (χ0n) is 49.0. The Hall–Kier alpha value is -5.94. The van der Waals surface area contributed by atoms with E-state index in [4.69, 9.17) is 56.1 Å². The lowest BCUT2D eigenvalue weighted by Crippen LogP contribution is -2.55. The second-order valence-electron chi connectivity index (χ2n) is 23.4. The lowest BCUT2D eigenvalue weighted by atomic mass is 9.75. The molecule has 0 bridgehead atoms. The molecule has 22 nitrogen and oxygen atoms in total. The first kappa shape index (κ1) is 63.6. The van der Waals surface area contributed by atoms with E-state index in [1.165, 1.54) is 12.7 Å². The van der Waals surface area contributed by atoms with Crippen LogP contribution >= 0.6 is 14.2 Å². The second kappa shape index (κ2) is 26.6. The maximum Gasteiger partial charge on any atom is 0.280 e. The Labute approximate surface area is 505 Å². The first-order chi connectivity index (χ1) is 40.5. The molecule has 2 aliphatic heterocycles. The summed E-state index contributed by atoms with van der Waals surface area (Å²) in [7, 11) is -2.59. The third-order valence-electron chi connectivity index (χ3n) is 16.0. The van der Waals surface area contributed by atoms with E-state index in [1.54, 1.807) is 36.8 Å². The van der Waals surface area contributed by atoms with Gasteiger partial charge in [0, 0.05) is 23.8 Å². The Morgan fingerprint density at radius 2 is 1.34 bits per heavy atom. The highest BCUT2D eigenvalue weighted by atomic mass is 32.5. The normalized spacial score (nSPS) is 21.9. The summed E-state index contributed by atoms with van der Waals surface area (Å²) in [6.07, 6.45) is -1.66. The minimum atomic E-state index is -3.84. The molecule has 3 aromatic carbocycles. The van der Waals surface area contributed by atoms with Crippen molar-refractivity contribution in [3.05, 3.63) is 147 Å². The molecule has 2 fully saturated rings. The van der Waals surface area contributed by atoms with Gasteiger partial charge in [0.05, 0.1) is 69.1 Å². The van der Waals surface area contributed by atoms with E-state index in [2.05, 4.69) is 117 Å². The molecule has 4 aromatic heterocycles. The average Bonchev–Trinajstić information content (AvgIpc) is 1.83. The Morgan fingerprint density at radius 3 is 1.88 bits per heavy atom. The number of fused-ring (bicyclic) bond motifs is 2. The number of nitrogens with zero attached hydrogens (tertiary/aromatic N) is 7. The van der Waals surface area contributed by atoms with Crippen molar-refractivity contribution < 1.29 is 37.1 Å². The van der Waals surface area contributed by atoms with Gasteiger partial charge in [0.25, 0.3) is 17.8 Å². The molecule has 0 spiro atoms. The van der Waals surface area contributed by atoms with Gasteiger partial charge in [0.15, 0.2) is 36.9 Å². The van der Waals surface area contributed by atoms with E-state index in [0.29, 0.717) is 0 Å². The lowest BCUT2D eigenvalue weighted by molar-refractivity contribution is -0.121. The summed E-state index contributed by atoms with van der Waals surface area (Å²) in [4.78, 5) is 77.2. The third kappa shape index (κ3) is 13.6. The number of nitriles is 1. The van der Waals surface area contributed by atoms with Crippen molar-refractivity contribution in [2.24, 2.45) is 17.8 Å². The molecule has 0 radical (unpaired) electrons. The molecule has 450 valence electrons. The summed E-state index contributed by atoms with van der Waals surface area (Å²) >= 11 is 11.9. The molecular formula is C58H72N12O10P2S2Si. The maximum absolute atomic E-state index is 13.7. The Morgan fingerprint density at radius 1 is 0.800 bits per heavy atom. The van der Waals surface area contributed by atoms with E-state index >= 15 is 0 Å². The van der Waals surface area contributed by atoms with Gasteiger partial charge in [-0.2, -0.15) is 10.2 Å². The van der Waals surface area contributed by atoms with Crippen molar-refractivity contribution in [1.82, 2.24) is 49.4 Å². The van der Waals surface area contributed by atoms with Gasteiger partial charge in [0.1, 0.15) is 37.6 Å². The molecular weight excluding hydrogens is 1180 g/mol. The smallest absolute Gasteiger partial charge is 0.280 e. The number of ketones is 1. The molecule has 2 saturated heterocycles. The van der Waals surface area contributed by atoms with Crippen molar-refractivity contribution in [1.29, 1.82) is 5.26 Å². The standard InChI is InChI=1S/C58H72N12O10P2S2Si/c1-34(2)40(71)29-43-62-49-46(52(73)63-43)60-32-69(49)54-36(5)44(67-58(37-21-14-11-15-22-37,38-23-16-12-17-24-38)39-25-18-13-19-26-39)42(78-54)31-77-82(84,76-28-20-27-59)68-45-41(30-75-81-83)79-55(48(45)80-85(9,10)57(6,7)8)70-33-61-47-50(70)64-56(66-53(47)74)65-51(72)35(3)4/h11-19,21-26,32-36,41-42,44-45,48,54-55,67H,20,28-31H2,1-10H3,(H,68,84)(H,62,63,73)(H2,64,65,66,72,74)/t36-,41-,42-,44+,45-,48-,54-,55-,82?/m1/s1. The summed E-state index contributed by atoms with van der Waals surface area (Å²) in [5, 5.41) is 20.0. The Balaban J connectivity index is 1.15. The van der Waals surface area contributed by atoms with Crippen LogP contribution in [0.25, 0.3) is 22.3 Å². The minimum absolute atomic E-state index is 0.00481. The fourth-order valence-electron chi connectivity index (χ4n) is 10.4. The minimum Gasteiger partial charge on any atom is -0.408 e. The molecule has 0 saturated carbocycles. The van der Waals surface area contributed by atoms with Gasteiger partial charge < -0.3 is 32.5 Å². The van der Waals surface area contributed by atoms with Crippen LogP contribution in [0.2, 0.25) is 18.1 Å². The zero-order chi connectivity index (χ0) is 61.0. The van der Waals surface area contributed by atoms with Crippen LogP contribution in [0.5, 0.6) is 0 Å². The van der Waals surface area contributed by atoms with Gasteiger partial charge >= 0.3 is 0 Å². The predicted octanol–water partition coefficient (Wildman–Crippen LogP) is 8.86. The van der Waals surface area contributed by atoms with Crippen molar-refractivity contribution in [3.63, 3.8) is 0 Å². The molecule has 1 unspecified atom stereocenters. The number of hydrogen-bond donors (Lipinski definition) is 5. The largest absolute Gasteiger partial charge is 0.408 e. The molecule has 0 aliphatic carbocycles. The summed E-state index contributed by atoms with van der Waals surface area (Å²) in [5.41, 5.74) is 1.13. The number of ether oxygens (including phenoxy) is 2. The van der Waals surface area contributed by atoms with Gasteiger partial charge in [-0.15, -0.1) is 0 Å². The number of aromatic amines is 2. The van der Waals surface area contributed by atoms with E-state index in [1.807, 2.05) is 61.5 Å². The SMILES string of the molecule is CC(C)C(=O)Cc1nc2c(ncn2[C@@H]2O[C@H](COP(=S)(N[C@H]3[C@@H](O[Si](C)(C)C(C)(C)C)[C@H](n4cnc5c(=O)[nH]c(NC(=O)C(C)C)nc54)O[C@@H]3COP=S)OCCC#N)[C@@H](NC(c3ccccc3)(c3ccccc3)c3ccccc3)[C@H]2C)c(=O)[nH]1. The highest BCUT2D eigenvalue weighted by Gasteiger charge is 2.54. The highest BCUT2D eigenvalue weighted by Crippen LogP contribution is 2.51. The summed E-state index contributed by atoms with van der Waals surface area (Å²) in [6, 6.07) is 31.1. The van der Waals surface area contributed by atoms with Crippen LogP contribution < -0.4 is 26.8 Å². The van der Waals surface area contributed by atoms with E-state index in [9.17, 15) is 24.4 Å². The number of Topliss-reactive ketones (excluding diaryl/α,β-unsaturated/α-hetero) is 1. The number of rotatable bonds is 25. The number of anilines is 1. The van der Waals surface area contributed by atoms with Crippen molar-refractivity contribution >= 4 is 86.1 Å². The van der Waals surface area contributed by atoms with Gasteiger partial charge in [-0.05, 0) is 58.4 Å². The number of imidazole rings is 2. The monoisotopic (exact) mass is 1250 g/mol. The van der Waals surface area contributed by atoms with E-state index < -0.39 is 86.3 Å². The van der Waals surface area contributed by atoms with Crippen LogP contribution in [0.4, 0.5) is 5.95 Å². The summed E-state index contributed by atoms with van der Waals surface area (Å²) in [5.74, 6) is -1.47. The highest BCUT2D eigenvalue weighted by molar-refractivity contribution is 8.09. The lowest BCUT2D eigenvalue weighted by Gasteiger charge is -2.42. The van der Waals surface area contributed by atoms with Gasteiger partial charge in [-0.25, -0.2) is 20.0 Å². The molecule has 7 aromatic rings. The van der Waals surface area contributed by atoms with Crippen LogP contribution in [0.3, 0.4) is 0 Å². The van der Waals surface area contributed by atoms with Crippen molar-refractivity contribution in [2.75, 3.05) is 25.1 Å². The Bertz CT molecular complexity index is 3630. The van der Waals surface area contributed by atoms with E-state index in [0.717, 1.165) is 16.7 Å². The number of carbonyl (C=O) groups excluding carboxylic acids is 2. The van der Waals surface area contributed by atoms with Crippen LogP contribution in [0.1, 0.15) is 96.8 Å². The van der Waals surface area contributed by atoms with Crippen molar-refractivity contribution in [3.8, 4) is 6.07 Å². The van der Waals surface area contributed by atoms with Crippen LogP contribution in [-0.2, 0) is 72.6 Å². The maximum atomic E-state index is 13.7. The zero-order valence-corrected chi connectivity index (χ0v) is 53.5. The third-order valence-corrected chi connectivity index (χ3v) is 23.6. The number of aromatic nitrogens is 8.